The van der Waals surface area contributed by atoms with E-state index in [0.717, 1.165) is 11.1 Å². The molecule has 0 aliphatic carbocycles. The van der Waals surface area contributed by atoms with E-state index in [1.54, 1.807) is 13.0 Å². The van der Waals surface area contributed by atoms with Crippen LogP contribution < -0.4 is 5.32 Å². The van der Waals surface area contributed by atoms with Crippen molar-refractivity contribution in [3.05, 3.63) is 64.1 Å². The number of nitrogens with one attached hydrogen (secondary N) is 1. The Labute approximate surface area is 150 Å². The van der Waals surface area contributed by atoms with Gasteiger partial charge in [-0.3, -0.25) is 0 Å². The molecule has 0 fully saturated rings. The highest BCUT2D eigenvalue weighted by molar-refractivity contribution is 5.94. The molecule has 0 radical (unpaired) electrons. The highest BCUT2D eigenvalue weighted by Crippen LogP contribution is 2.29. The molecule has 0 aliphatic heterocycles. The van der Waals surface area contributed by atoms with Crippen LogP contribution in [0, 0.1) is 42.3 Å². The first-order valence-corrected chi connectivity index (χ1v) is 8.09. The number of nitrogens with zero attached hydrogens (tertiary/aromatic N) is 4. The Hall–Kier alpha value is -3.51. The molecule has 0 unspecified atom stereocenters. The lowest BCUT2D eigenvalue weighted by Crippen LogP contribution is -2.11. The predicted octanol–water partition coefficient (Wildman–Crippen LogP) is 4.30. The van der Waals surface area contributed by atoms with Gasteiger partial charge in [0.15, 0.2) is 5.82 Å². The lowest BCUT2D eigenvalue weighted by molar-refractivity contribution is 0.625. The monoisotopic (exact) mass is 345 g/mol. The number of fused-ring (bicyclic) bond motifs is 1. The minimum atomic E-state index is -0.592. The maximum atomic E-state index is 14.1. The Balaban J connectivity index is 2.07. The van der Waals surface area contributed by atoms with Crippen molar-refractivity contribution in [2.24, 2.45) is 0 Å². The molecule has 0 saturated heterocycles. The largest absolute Gasteiger partial charge is 0.362 e. The molecule has 26 heavy (non-hydrogen) atoms. The second kappa shape index (κ2) is 6.78. The first-order chi connectivity index (χ1) is 12.5. The molecule has 5 nitrogen and oxygen atoms in total. The van der Waals surface area contributed by atoms with Gasteiger partial charge in [0.05, 0.1) is 28.9 Å². The van der Waals surface area contributed by atoms with E-state index in [-0.39, 0.29) is 11.6 Å². The van der Waals surface area contributed by atoms with Crippen molar-refractivity contribution in [2.75, 3.05) is 5.32 Å². The van der Waals surface area contributed by atoms with Gasteiger partial charge in [-0.05, 0) is 50.1 Å². The molecular formula is C20H16FN5. The minimum Gasteiger partial charge on any atom is -0.362 e. The van der Waals surface area contributed by atoms with Crippen LogP contribution in [-0.2, 0) is 0 Å². The van der Waals surface area contributed by atoms with Crippen LogP contribution in [0.1, 0.15) is 40.9 Å². The molecule has 128 valence electrons. The molecule has 0 spiro atoms. The van der Waals surface area contributed by atoms with Crippen molar-refractivity contribution in [1.82, 2.24) is 10.2 Å². The fraction of sp³-hybridized carbons (Fsp3) is 0.200. The first-order valence-electron chi connectivity index (χ1n) is 8.09. The van der Waals surface area contributed by atoms with Crippen molar-refractivity contribution in [2.45, 2.75) is 26.8 Å². The summed E-state index contributed by atoms with van der Waals surface area (Å²) in [6, 6.07) is 12.2. The zero-order valence-corrected chi connectivity index (χ0v) is 14.6. The van der Waals surface area contributed by atoms with Crippen molar-refractivity contribution < 1.29 is 4.39 Å². The van der Waals surface area contributed by atoms with Gasteiger partial charge in [0, 0.05) is 10.8 Å². The molecule has 0 saturated carbocycles. The van der Waals surface area contributed by atoms with Crippen LogP contribution in [0.25, 0.3) is 10.8 Å². The molecule has 0 aliphatic rings. The van der Waals surface area contributed by atoms with Crippen LogP contribution in [-0.4, -0.2) is 10.2 Å². The van der Waals surface area contributed by atoms with E-state index in [9.17, 15) is 9.65 Å². The fourth-order valence-corrected chi connectivity index (χ4v) is 3.02. The van der Waals surface area contributed by atoms with Gasteiger partial charge in [0.25, 0.3) is 0 Å². The summed E-state index contributed by atoms with van der Waals surface area (Å²) in [4.78, 5) is 0. The number of hydrogen-bond acceptors (Lipinski definition) is 5. The molecule has 0 bridgehead atoms. The lowest BCUT2D eigenvalue weighted by atomic mass is 9.98. The quantitative estimate of drug-likeness (QED) is 0.765. The second-order valence-electron chi connectivity index (χ2n) is 6.12. The van der Waals surface area contributed by atoms with Gasteiger partial charge in [-0.25, -0.2) is 4.39 Å². The third-order valence-electron chi connectivity index (χ3n) is 4.49. The number of aryl methyl sites for hydroxylation is 1. The summed E-state index contributed by atoms with van der Waals surface area (Å²) < 4.78 is 14.1. The average molecular weight is 345 g/mol. The third kappa shape index (κ3) is 2.94. The molecule has 3 aromatic rings. The Bertz CT molecular complexity index is 1090. The SMILES string of the molecule is Cc1c(C#N)cccc1[C@@H](C)Nc1nnc(C)c2cc(C#N)c(F)cc12. The molecular weight excluding hydrogens is 329 g/mol. The summed E-state index contributed by atoms with van der Waals surface area (Å²) in [7, 11) is 0. The summed E-state index contributed by atoms with van der Waals surface area (Å²) in [6.45, 7) is 5.60. The number of halogens is 1. The van der Waals surface area contributed by atoms with Gasteiger partial charge in [-0.2, -0.15) is 15.6 Å². The van der Waals surface area contributed by atoms with E-state index in [1.807, 2.05) is 32.0 Å². The first kappa shape index (κ1) is 17.3. The van der Waals surface area contributed by atoms with E-state index in [0.29, 0.717) is 27.8 Å². The number of nitriles is 2. The highest BCUT2D eigenvalue weighted by atomic mass is 19.1. The van der Waals surface area contributed by atoms with Crippen LogP contribution >= 0.6 is 0 Å². The van der Waals surface area contributed by atoms with Gasteiger partial charge in [0.2, 0.25) is 0 Å². The molecule has 1 atom stereocenters. The smallest absolute Gasteiger partial charge is 0.157 e. The normalized spacial score (nSPS) is 11.6. The molecule has 1 aromatic heterocycles. The van der Waals surface area contributed by atoms with E-state index < -0.39 is 5.82 Å². The van der Waals surface area contributed by atoms with Gasteiger partial charge >= 0.3 is 0 Å². The fourth-order valence-electron chi connectivity index (χ4n) is 3.02. The topological polar surface area (TPSA) is 85.4 Å². The van der Waals surface area contributed by atoms with E-state index >= 15 is 0 Å². The van der Waals surface area contributed by atoms with Crippen LogP contribution in [0.5, 0.6) is 0 Å². The molecule has 6 heteroatoms. The van der Waals surface area contributed by atoms with Gasteiger partial charge in [-0.1, -0.05) is 12.1 Å². The summed E-state index contributed by atoms with van der Waals surface area (Å²) >= 11 is 0. The number of rotatable bonds is 3. The van der Waals surface area contributed by atoms with Gasteiger partial charge in [-0.15, -0.1) is 5.10 Å². The zero-order valence-electron chi connectivity index (χ0n) is 14.6. The van der Waals surface area contributed by atoms with Crippen molar-refractivity contribution in [3.8, 4) is 12.1 Å². The Morgan fingerprint density at radius 1 is 1.04 bits per heavy atom. The van der Waals surface area contributed by atoms with E-state index in [1.165, 1.54) is 12.1 Å². The van der Waals surface area contributed by atoms with Crippen molar-refractivity contribution in [1.29, 1.82) is 10.5 Å². The number of benzene rings is 2. The van der Waals surface area contributed by atoms with Crippen LogP contribution in [0.3, 0.4) is 0 Å². The Morgan fingerprint density at radius 3 is 2.46 bits per heavy atom. The van der Waals surface area contributed by atoms with Gasteiger partial charge in [0.1, 0.15) is 11.9 Å². The van der Waals surface area contributed by atoms with E-state index in [2.05, 4.69) is 21.6 Å². The van der Waals surface area contributed by atoms with Crippen molar-refractivity contribution in [3.63, 3.8) is 0 Å². The summed E-state index contributed by atoms with van der Waals surface area (Å²) in [6.07, 6.45) is 0. The van der Waals surface area contributed by atoms with Crippen LogP contribution in [0.4, 0.5) is 10.2 Å². The third-order valence-corrected chi connectivity index (χ3v) is 4.49. The molecule has 1 heterocycles. The molecule has 0 amide bonds. The van der Waals surface area contributed by atoms with Crippen LogP contribution in [0.15, 0.2) is 30.3 Å². The molecule has 1 N–H and O–H groups in total. The molecule has 2 aromatic carbocycles. The Kier molecular flexibility index (Phi) is 4.51. The summed E-state index contributed by atoms with van der Waals surface area (Å²) in [5.41, 5.74) is 3.05. The zero-order chi connectivity index (χ0) is 18.8. The van der Waals surface area contributed by atoms with E-state index in [4.69, 9.17) is 5.26 Å². The van der Waals surface area contributed by atoms with Crippen molar-refractivity contribution >= 4 is 16.6 Å². The Morgan fingerprint density at radius 2 is 1.77 bits per heavy atom. The van der Waals surface area contributed by atoms with Crippen LogP contribution in [0.2, 0.25) is 0 Å². The average Bonchev–Trinajstić information content (AvgIpc) is 2.63. The lowest BCUT2D eigenvalue weighted by Gasteiger charge is -2.19. The number of anilines is 1. The van der Waals surface area contributed by atoms with Gasteiger partial charge < -0.3 is 5.32 Å². The second-order valence-corrected chi connectivity index (χ2v) is 6.12. The summed E-state index contributed by atoms with van der Waals surface area (Å²) in [5.74, 6) is -0.158. The maximum Gasteiger partial charge on any atom is 0.157 e. The summed E-state index contributed by atoms with van der Waals surface area (Å²) in [5, 5.41) is 31.0. The minimum absolute atomic E-state index is 0.0230. The number of hydrogen-bond donors (Lipinski definition) is 1. The molecule has 3 rings (SSSR count). The maximum absolute atomic E-state index is 14.1. The number of aromatic nitrogens is 2. The standard InChI is InChI=1S/C20H16FN5/c1-11-14(9-22)5-4-6-16(11)12(2)24-20-18-8-19(21)15(10-23)7-17(18)13(3)25-26-20/h4-8,12H,1-3H3,(H,24,26)/t12-/m1/s1. The predicted molar refractivity (Wildman–Crippen MR) is 96.9 cm³/mol. The highest BCUT2D eigenvalue weighted by Gasteiger charge is 2.16.